The largest absolute Gasteiger partial charge is 0.356 e. The maximum absolute atomic E-state index is 4.47. The zero-order chi connectivity index (χ0) is 18.8. The molecule has 0 radical (unpaired) electrons. The first-order valence-corrected chi connectivity index (χ1v) is 9.42. The average molecular weight is 484 g/mol. The monoisotopic (exact) mass is 484 g/mol. The van der Waals surface area contributed by atoms with E-state index in [2.05, 4.69) is 52.4 Å². The second kappa shape index (κ2) is 11.9. The van der Waals surface area contributed by atoms with E-state index in [1.165, 1.54) is 25.7 Å². The molecule has 0 spiro atoms. The Kier molecular flexibility index (Phi) is 10.4. The van der Waals surface area contributed by atoms with Crippen molar-refractivity contribution < 1.29 is 0 Å². The van der Waals surface area contributed by atoms with Gasteiger partial charge < -0.3 is 10.6 Å². The van der Waals surface area contributed by atoms with Crippen LogP contribution in [0.25, 0.3) is 5.82 Å². The molecule has 2 rings (SSSR count). The Hall–Kier alpha value is -1.64. The molecule has 0 unspecified atom stereocenters. The number of rotatable bonds is 9. The van der Waals surface area contributed by atoms with Gasteiger partial charge in [0.2, 0.25) is 0 Å². The summed E-state index contributed by atoms with van der Waals surface area (Å²) in [5.41, 5.74) is 1.37. The number of nitrogens with one attached hydrogen (secondary N) is 2. The molecular formula is C20H33IN6. The quantitative estimate of drug-likeness (QED) is 0.243. The van der Waals surface area contributed by atoms with Gasteiger partial charge in [-0.05, 0) is 23.5 Å². The lowest BCUT2D eigenvalue weighted by Crippen LogP contribution is -2.41. The minimum atomic E-state index is 0. The molecule has 0 saturated carbocycles. The molecule has 2 N–H and O–H groups in total. The molecule has 0 aliphatic heterocycles. The number of hydrogen-bond acceptors (Lipinski definition) is 3. The third kappa shape index (κ3) is 8.28. The zero-order valence-electron chi connectivity index (χ0n) is 16.9. The summed E-state index contributed by atoms with van der Waals surface area (Å²) in [6.45, 7) is 8.46. The summed E-state index contributed by atoms with van der Waals surface area (Å²) in [6.07, 6.45) is 12.3. The van der Waals surface area contributed by atoms with Crippen LogP contribution < -0.4 is 10.6 Å². The second-order valence-corrected chi connectivity index (χ2v) is 7.40. The van der Waals surface area contributed by atoms with E-state index in [0.29, 0.717) is 6.54 Å². The topological polar surface area (TPSA) is 67.1 Å². The van der Waals surface area contributed by atoms with Gasteiger partial charge in [-0.25, -0.2) is 9.97 Å². The summed E-state index contributed by atoms with van der Waals surface area (Å²) >= 11 is 0. The predicted octanol–water partition coefficient (Wildman–Crippen LogP) is 4.16. The van der Waals surface area contributed by atoms with Crippen LogP contribution in [0.15, 0.2) is 42.0 Å². The highest BCUT2D eigenvalue weighted by molar-refractivity contribution is 14.0. The van der Waals surface area contributed by atoms with Crippen LogP contribution in [0, 0.1) is 5.41 Å². The van der Waals surface area contributed by atoms with Crippen LogP contribution in [0.1, 0.15) is 52.0 Å². The molecule has 0 aliphatic carbocycles. The van der Waals surface area contributed by atoms with Crippen molar-refractivity contribution in [2.24, 2.45) is 10.4 Å². The summed E-state index contributed by atoms with van der Waals surface area (Å²) in [5, 5.41) is 6.81. The van der Waals surface area contributed by atoms with Crippen molar-refractivity contribution in [3.8, 4) is 5.82 Å². The molecule has 0 amide bonds. The van der Waals surface area contributed by atoms with E-state index in [1.54, 1.807) is 19.6 Å². The molecule has 150 valence electrons. The lowest BCUT2D eigenvalue weighted by atomic mass is 9.87. The molecule has 7 heteroatoms. The van der Waals surface area contributed by atoms with Crippen LogP contribution in [0.3, 0.4) is 0 Å². The lowest BCUT2D eigenvalue weighted by molar-refractivity contribution is 0.318. The highest BCUT2D eigenvalue weighted by atomic mass is 127. The van der Waals surface area contributed by atoms with Crippen molar-refractivity contribution in [2.75, 3.05) is 13.6 Å². The van der Waals surface area contributed by atoms with Crippen molar-refractivity contribution in [1.29, 1.82) is 0 Å². The van der Waals surface area contributed by atoms with Crippen molar-refractivity contribution in [3.63, 3.8) is 0 Å². The number of pyridine rings is 1. The van der Waals surface area contributed by atoms with Crippen LogP contribution in [0.4, 0.5) is 0 Å². The van der Waals surface area contributed by atoms with Crippen LogP contribution in [0.5, 0.6) is 0 Å². The van der Waals surface area contributed by atoms with Crippen LogP contribution in [-0.4, -0.2) is 34.1 Å². The number of unbranched alkanes of at least 4 members (excludes halogenated alkanes) is 2. The summed E-state index contributed by atoms with van der Waals surface area (Å²) in [6, 6.07) is 4.06. The van der Waals surface area contributed by atoms with Gasteiger partial charge in [0, 0.05) is 38.7 Å². The molecule has 0 saturated heterocycles. The van der Waals surface area contributed by atoms with Gasteiger partial charge in [0.15, 0.2) is 5.96 Å². The molecule has 2 aromatic rings. The van der Waals surface area contributed by atoms with E-state index in [0.717, 1.165) is 23.9 Å². The molecule has 0 aliphatic rings. The van der Waals surface area contributed by atoms with Crippen molar-refractivity contribution in [3.05, 3.63) is 42.6 Å². The Morgan fingerprint density at radius 2 is 2.04 bits per heavy atom. The first kappa shape index (κ1) is 23.4. The summed E-state index contributed by atoms with van der Waals surface area (Å²) < 4.78 is 1.89. The molecule has 0 fully saturated rings. The number of nitrogens with zero attached hydrogens (tertiary/aromatic N) is 4. The van der Waals surface area contributed by atoms with Gasteiger partial charge in [-0.3, -0.25) is 9.56 Å². The Morgan fingerprint density at radius 1 is 1.22 bits per heavy atom. The van der Waals surface area contributed by atoms with Gasteiger partial charge in [0.05, 0.1) is 0 Å². The minimum absolute atomic E-state index is 0. The van der Waals surface area contributed by atoms with Gasteiger partial charge in [-0.2, -0.15) is 0 Å². The van der Waals surface area contributed by atoms with E-state index < -0.39 is 0 Å². The summed E-state index contributed by atoms with van der Waals surface area (Å²) in [5.74, 6) is 1.69. The minimum Gasteiger partial charge on any atom is -0.356 e. The van der Waals surface area contributed by atoms with Gasteiger partial charge in [0.1, 0.15) is 12.1 Å². The SMILES string of the molecule is CCCCCC(C)(C)CNC(=NC)NCc1ccc(-n2ccnc2)nc1.I. The van der Waals surface area contributed by atoms with Crippen LogP contribution in [-0.2, 0) is 6.54 Å². The van der Waals surface area contributed by atoms with Gasteiger partial charge in [-0.1, -0.05) is 46.1 Å². The summed E-state index contributed by atoms with van der Waals surface area (Å²) in [4.78, 5) is 12.8. The Balaban J connectivity index is 0.00000364. The van der Waals surface area contributed by atoms with Gasteiger partial charge >= 0.3 is 0 Å². The number of hydrogen-bond donors (Lipinski definition) is 2. The number of guanidine groups is 1. The average Bonchev–Trinajstić information content (AvgIpc) is 3.17. The van der Waals surface area contributed by atoms with Crippen molar-refractivity contribution >= 4 is 29.9 Å². The number of halogens is 1. The number of aliphatic imine (C=N–C) groups is 1. The number of imidazole rings is 1. The fourth-order valence-corrected chi connectivity index (χ4v) is 2.74. The third-order valence-corrected chi connectivity index (χ3v) is 4.45. The second-order valence-electron chi connectivity index (χ2n) is 7.40. The van der Waals surface area contributed by atoms with Crippen LogP contribution in [0.2, 0.25) is 0 Å². The van der Waals surface area contributed by atoms with Crippen LogP contribution >= 0.6 is 24.0 Å². The Morgan fingerprint density at radius 3 is 2.63 bits per heavy atom. The number of aromatic nitrogens is 3. The first-order valence-electron chi connectivity index (χ1n) is 9.42. The maximum Gasteiger partial charge on any atom is 0.191 e. The molecule has 0 aromatic carbocycles. The zero-order valence-corrected chi connectivity index (χ0v) is 19.2. The smallest absolute Gasteiger partial charge is 0.191 e. The fraction of sp³-hybridized carbons (Fsp3) is 0.550. The van der Waals surface area contributed by atoms with E-state index >= 15 is 0 Å². The molecule has 2 aromatic heterocycles. The van der Waals surface area contributed by atoms with Crippen molar-refractivity contribution in [2.45, 2.75) is 53.0 Å². The Bertz CT molecular complexity index is 664. The van der Waals surface area contributed by atoms with E-state index in [4.69, 9.17) is 0 Å². The normalized spacial score (nSPS) is 11.8. The predicted molar refractivity (Wildman–Crippen MR) is 123 cm³/mol. The highest BCUT2D eigenvalue weighted by Gasteiger charge is 2.17. The highest BCUT2D eigenvalue weighted by Crippen LogP contribution is 2.22. The van der Waals surface area contributed by atoms with Gasteiger partial charge in [0.25, 0.3) is 0 Å². The van der Waals surface area contributed by atoms with E-state index in [9.17, 15) is 0 Å². The Labute approximate surface area is 180 Å². The standard InChI is InChI=1S/C20H32N6.HI/c1-5-6-7-10-20(2,3)15-25-19(21-4)24-14-17-8-9-18(23-13-17)26-12-11-22-16-26;/h8-9,11-13,16H,5-7,10,14-15H2,1-4H3,(H2,21,24,25);1H. The molecule has 6 nitrogen and oxygen atoms in total. The molecular weight excluding hydrogens is 451 g/mol. The van der Waals surface area contributed by atoms with E-state index in [1.807, 2.05) is 23.0 Å². The molecule has 0 bridgehead atoms. The molecule has 0 atom stereocenters. The first-order chi connectivity index (χ1) is 12.5. The van der Waals surface area contributed by atoms with Gasteiger partial charge in [-0.15, -0.1) is 24.0 Å². The molecule has 27 heavy (non-hydrogen) atoms. The van der Waals surface area contributed by atoms with E-state index in [-0.39, 0.29) is 29.4 Å². The molecule has 2 heterocycles. The lowest BCUT2D eigenvalue weighted by Gasteiger charge is -2.26. The maximum atomic E-state index is 4.47. The van der Waals surface area contributed by atoms with Crippen molar-refractivity contribution in [1.82, 2.24) is 25.2 Å². The fourth-order valence-electron chi connectivity index (χ4n) is 2.74. The third-order valence-electron chi connectivity index (χ3n) is 4.45. The summed E-state index contributed by atoms with van der Waals surface area (Å²) in [7, 11) is 1.81.